The summed E-state index contributed by atoms with van der Waals surface area (Å²) in [5, 5.41) is 3.27. The van der Waals surface area contributed by atoms with Gasteiger partial charge >= 0.3 is 0 Å². The van der Waals surface area contributed by atoms with Gasteiger partial charge in [0, 0.05) is 13.2 Å². The monoisotopic (exact) mass is 226 g/mol. The van der Waals surface area contributed by atoms with E-state index in [2.05, 4.69) is 12.2 Å². The fourth-order valence-electron chi connectivity index (χ4n) is 2.56. The Labute approximate surface area is 97.3 Å². The first-order chi connectivity index (χ1) is 7.81. The molecular weight excluding hydrogens is 204 g/mol. The van der Waals surface area contributed by atoms with Crippen molar-refractivity contribution in [1.29, 1.82) is 0 Å². The van der Waals surface area contributed by atoms with Gasteiger partial charge in [0.05, 0.1) is 18.8 Å². The highest BCUT2D eigenvalue weighted by Gasteiger charge is 2.30. The molecule has 0 bridgehead atoms. The quantitative estimate of drug-likeness (QED) is 0.763. The first-order valence-corrected chi connectivity index (χ1v) is 6.45. The smallest absolute Gasteiger partial charge is 0.237 e. The Hall–Kier alpha value is -0.610. The van der Waals surface area contributed by atoms with Gasteiger partial charge in [-0.2, -0.15) is 0 Å². The molecule has 2 fully saturated rings. The lowest BCUT2D eigenvalue weighted by atomic mass is 10.1. The second-order valence-corrected chi connectivity index (χ2v) is 4.70. The lowest BCUT2D eigenvalue weighted by molar-refractivity contribution is -0.128. The first-order valence-electron chi connectivity index (χ1n) is 6.45. The summed E-state index contributed by atoms with van der Waals surface area (Å²) < 4.78 is 5.58. The number of hydrogen-bond donors (Lipinski definition) is 1. The molecule has 92 valence electrons. The van der Waals surface area contributed by atoms with E-state index < -0.39 is 0 Å². The normalized spacial score (nSPS) is 30.3. The van der Waals surface area contributed by atoms with E-state index in [-0.39, 0.29) is 12.1 Å². The Bertz CT molecular complexity index is 239. The zero-order chi connectivity index (χ0) is 11.4. The Morgan fingerprint density at radius 1 is 1.50 bits per heavy atom. The average molecular weight is 226 g/mol. The van der Waals surface area contributed by atoms with Crippen molar-refractivity contribution in [3.05, 3.63) is 0 Å². The standard InChI is InChI=1S/C12H22N2O2/c1-2-4-11-13-9-12(15)14(11)7-6-10-5-3-8-16-10/h10-11,13H,2-9H2,1H3. The summed E-state index contributed by atoms with van der Waals surface area (Å²) in [5.41, 5.74) is 0. The number of nitrogens with one attached hydrogen (secondary N) is 1. The summed E-state index contributed by atoms with van der Waals surface area (Å²) in [6.45, 7) is 4.41. The molecular formula is C12H22N2O2. The van der Waals surface area contributed by atoms with Crippen LogP contribution in [0.2, 0.25) is 0 Å². The highest BCUT2D eigenvalue weighted by Crippen LogP contribution is 2.18. The van der Waals surface area contributed by atoms with Crippen LogP contribution in [-0.4, -0.2) is 42.8 Å². The highest BCUT2D eigenvalue weighted by atomic mass is 16.5. The lowest BCUT2D eigenvalue weighted by Gasteiger charge is -2.25. The molecule has 2 heterocycles. The van der Waals surface area contributed by atoms with Crippen molar-refractivity contribution in [3.63, 3.8) is 0 Å². The number of carbonyl (C=O) groups is 1. The van der Waals surface area contributed by atoms with Gasteiger partial charge < -0.3 is 9.64 Å². The Morgan fingerprint density at radius 3 is 3.06 bits per heavy atom. The van der Waals surface area contributed by atoms with Gasteiger partial charge in [-0.3, -0.25) is 10.1 Å². The zero-order valence-electron chi connectivity index (χ0n) is 10.1. The summed E-state index contributed by atoms with van der Waals surface area (Å²) in [6, 6.07) is 0. The molecule has 0 saturated carbocycles. The fourth-order valence-corrected chi connectivity index (χ4v) is 2.56. The van der Waals surface area contributed by atoms with E-state index in [1.54, 1.807) is 0 Å². The minimum Gasteiger partial charge on any atom is -0.378 e. The highest BCUT2D eigenvalue weighted by molar-refractivity contribution is 5.80. The molecule has 0 spiro atoms. The van der Waals surface area contributed by atoms with Gasteiger partial charge in [-0.15, -0.1) is 0 Å². The summed E-state index contributed by atoms with van der Waals surface area (Å²) in [7, 11) is 0. The Kier molecular flexibility index (Phi) is 4.18. The predicted molar refractivity (Wildman–Crippen MR) is 62.0 cm³/mol. The third-order valence-electron chi connectivity index (χ3n) is 3.46. The Morgan fingerprint density at radius 2 is 2.38 bits per heavy atom. The zero-order valence-corrected chi connectivity index (χ0v) is 10.1. The molecule has 0 aromatic carbocycles. The first kappa shape index (κ1) is 11.9. The molecule has 4 heteroatoms. The van der Waals surface area contributed by atoms with Crippen molar-refractivity contribution in [2.75, 3.05) is 19.7 Å². The van der Waals surface area contributed by atoms with Crippen LogP contribution in [0.1, 0.15) is 39.0 Å². The topological polar surface area (TPSA) is 41.6 Å². The minimum atomic E-state index is 0.247. The second-order valence-electron chi connectivity index (χ2n) is 4.70. The third-order valence-corrected chi connectivity index (χ3v) is 3.46. The second kappa shape index (κ2) is 5.64. The minimum absolute atomic E-state index is 0.247. The van der Waals surface area contributed by atoms with Crippen molar-refractivity contribution in [2.45, 2.75) is 51.3 Å². The van der Waals surface area contributed by atoms with Crippen LogP contribution in [0.25, 0.3) is 0 Å². The van der Waals surface area contributed by atoms with Crippen LogP contribution in [0.15, 0.2) is 0 Å². The van der Waals surface area contributed by atoms with Gasteiger partial charge in [0.25, 0.3) is 0 Å². The van der Waals surface area contributed by atoms with E-state index in [4.69, 9.17) is 4.74 Å². The molecule has 1 amide bonds. The molecule has 0 aliphatic carbocycles. The van der Waals surface area contributed by atoms with Gasteiger partial charge in [-0.05, 0) is 25.7 Å². The van der Waals surface area contributed by atoms with Crippen LogP contribution in [0.3, 0.4) is 0 Å². The van der Waals surface area contributed by atoms with Crippen LogP contribution < -0.4 is 5.32 Å². The molecule has 2 aliphatic rings. The van der Waals surface area contributed by atoms with Gasteiger partial charge in [0.2, 0.25) is 5.91 Å². The maximum atomic E-state index is 11.7. The number of rotatable bonds is 5. The van der Waals surface area contributed by atoms with E-state index in [1.807, 2.05) is 4.90 Å². The van der Waals surface area contributed by atoms with Gasteiger partial charge in [0.15, 0.2) is 0 Å². The largest absolute Gasteiger partial charge is 0.378 e. The molecule has 2 aliphatic heterocycles. The molecule has 2 rings (SSSR count). The third kappa shape index (κ3) is 2.74. The number of nitrogens with zero attached hydrogens (tertiary/aromatic N) is 1. The summed E-state index contributed by atoms with van der Waals surface area (Å²) >= 11 is 0. The molecule has 1 N–H and O–H groups in total. The van der Waals surface area contributed by atoms with Gasteiger partial charge in [0.1, 0.15) is 0 Å². The molecule has 0 radical (unpaired) electrons. The van der Waals surface area contributed by atoms with Gasteiger partial charge in [-0.1, -0.05) is 13.3 Å². The number of carbonyl (C=O) groups excluding carboxylic acids is 1. The molecule has 2 atom stereocenters. The number of hydrogen-bond acceptors (Lipinski definition) is 3. The average Bonchev–Trinajstić information content (AvgIpc) is 2.88. The molecule has 4 nitrogen and oxygen atoms in total. The molecule has 0 aromatic rings. The fraction of sp³-hybridized carbons (Fsp3) is 0.917. The van der Waals surface area contributed by atoms with Crippen molar-refractivity contribution in [1.82, 2.24) is 10.2 Å². The maximum Gasteiger partial charge on any atom is 0.237 e. The van der Waals surface area contributed by atoms with E-state index in [1.165, 1.54) is 6.42 Å². The van der Waals surface area contributed by atoms with E-state index >= 15 is 0 Å². The number of ether oxygens (including phenoxy) is 1. The SMILES string of the molecule is CCCC1NCC(=O)N1CCC1CCCO1. The molecule has 16 heavy (non-hydrogen) atoms. The van der Waals surface area contributed by atoms with Crippen LogP contribution in [0.5, 0.6) is 0 Å². The van der Waals surface area contributed by atoms with Crippen molar-refractivity contribution >= 4 is 5.91 Å². The summed E-state index contributed by atoms with van der Waals surface area (Å²) in [5.74, 6) is 0.247. The lowest BCUT2D eigenvalue weighted by Crippen LogP contribution is -2.38. The molecule has 2 saturated heterocycles. The summed E-state index contributed by atoms with van der Waals surface area (Å²) in [4.78, 5) is 13.7. The van der Waals surface area contributed by atoms with Crippen LogP contribution in [-0.2, 0) is 9.53 Å². The van der Waals surface area contributed by atoms with Crippen LogP contribution in [0, 0.1) is 0 Å². The molecule has 0 aromatic heterocycles. The van der Waals surface area contributed by atoms with Crippen molar-refractivity contribution in [3.8, 4) is 0 Å². The van der Waals surface area contributed by atoms with Crippen molar-refractivity contribution < 1.29 is 9.53 Å². The molecule has 2 unspecified atom stereocenters. The predicted octanol–water partition coefficient (Wildman–Crippen LogP) is 1.11. The van der Waals surface area contributed by atoms with E-state index in [0.29, 0.717) is 12.6 Å². The summed E-state index contributed by atoms with van der Waals surface area (Å²) in [6.07, 6.45) is 6.14. The van der Waals surface area contributed by atoms with E-state index in [9.17, 15) is 4.79 Å². The van der Waals surface area contributed by atoms with Crippen LogP contribution in [0.4, 0.5) is 0 Å². The van der Waals surface area contributed by atoms with Gasteiger partial charge in [-0.25, -0.2) is 0 Å². The maximum absolute atomic E-state index is 11.7. The van der Waals surface area contributed by atoms with Crippen LogP contribution >= 0.6 is 0 Å². The van der Waals surface area contributed by atoms with E-state index in [0.717, 1.165) is 38.8 Å². The van der Waals surface area contributed by atoms with Crippen molar-refractivity contribution in [2.24, 2.45) is 0 Å². The Balaban J connectivity index is 1.78. The number of amides is 1.